The Morgan fingerprint density at radius 3 is 2.32 bits per heavy atom. The smallest absolute Gasteiger partial charge is 0.410 e. The molecule has 1 fully saturated rings. The van der Waals surface area contributed by atoms with Crippen molar-refractivity contribution in [3.8, 4) is 0 Å². The predicted molar refractivity (Wildman–Crippen MR) is 84.4 cm³/mol. The molecule has 1 aromatic rings. The molecule has 0 N–H and O–H groups in total. The molecule has 0 radical (unpaired) electrons. The molecule has 122 valence electrons. The molecule has 2 atom stereocenters. The third-order valence-electron chi connectivity index (χ3n) is 3.90. The molecular weight excluding hydrogens is 283 g/mol. The van der Waals surface area contributed by atoms with Gasteiger partial charge < -0.3 is 14.5 Å². The van der Waals surface area contributed by atoms with Gasteiger partial charge in [-0.1, -0.05) is 12.1 Å². The van der Waals surface area contributed by atoms with Gasteiger partial charge in [0.05, 0.1) is 0 Å². The molecule has 5 heteroatoms. The maximum atomic E-state index is 13.1. The summed E-state index contributed by atoms with van der Waals surface area (Å²) in [4.78, 5) is 16.1. The lowest BCUT2D eigenvalue weighted by Gasteiger charge is -2.25. The highest BCUT2D eigenvalue weighted by Crippen LogP contribution is 2.31. The largest absolute Gasteiger partial charge is 0.444 e. The van der Waals surface area contributed by atoms with E-state index in [1.54, 1.807) is 17.0 Å². The molecule has 0 spiro atoms. The molecule has 1 aliphatic rings. The highest BCUT2D eigenvalue weighted by atomic mass is 19.1. The number of hydrogen-bond acceptors (Lipinski definition) is 3. The third kappa shape index (κ3) is 3.97. The van der Waals surface area contributed by atoms with E-state index in [0.29, 0.717) is 13.1 Å². The standard InChI is InChI=1S/C17H25FN2O2/c1-17(2,3)22-16(21)20-10-14(15(11-20)19(4)5)12-6-8-13(18)9-7-12/h6-9,14-15H,10-11H2,1-5H3/t14-,15-/m1/s1. The quantitative estimate of drug-likeness (QED) is 0.841. The van der Waals surface area contributed by atoms with E-state index in [1.807, 2.05) is 34.9 Å². The molecule has 1 amide bonds. The molecule has 1 heterocycles. The first-order valence-electron chi connectivity index (χ1n) is 7.57. The first-order chi connectivity index (χ1) is 10.2. The number of benzene rings is 1. The highest BCUT2D eigenvalue weighted by molar-refractivity contribution is 5.69. The van der Waals surface area contributed by atoms with Crippen molar-refractivity contribution >= 4 is 6.09 Å². The van der Waals surface area contributed by atoms with Crippen LogP contribution in [0, 0.1) is 5.82 Å². The molecule has 1 aliphatic heterocycles. The number of rotatable bonds is 2. The zero-order valence-corrected chi connectivity index (χ0v) is 14.0. The van der Waals surface area contributed by atoms with E-state index in [0.717, 1.165) is 5.56 Å². The van der Waals surface area contributed by atoms with Gasteiger partial charge in [-0.25, -0.2) is 9.18 Å². The fourth-order valence-corrected chi connectivity index (χ4v) is 2.82. The fourth-order valence-electron chi connectivity index (χ4n) is 2.82. The maximum Gasteiger partial charge on any atom is 0.410 e. The van der Waals surface area contributed by atoms with Crippen LogP contribution in [-0.2, 0) is 4.74 Å². The summed E-state index contributed by atoms with van der Waals surface area (Å²) in [7, 11) is 4.00. The van der Waals surface area contributed by atoms with E-state index in [-0.39, 0.29) is 23.9 Å². The molecule has 0 bridgehead atoms. The minimum Gasteiger partial charge on any atom is -0.444 e. The van der Waals surface area contributed by atoms with Gasteiger partial charge in [0.25, 0.3) is 0 Å². The number of halogens is 1. The van der Waals surface area contributed by atoms with Gasteiger partial charge >= 0.3 is 6.09 Å². The molecule has 0 unspecified atom stereocenters. The number of nitrogens with zero attached hydrogens (tertiary/aromatic N) is 2. The van der Waals surface area contributed by atoms with Crippen LogP contribution in [0.15, 0.2) is 24.3 Å². The summed E-state index contributed by atoms with van der Waals surface area (Å²) in [6.45, 7) is 6.79. The summed E-state index contributed by atoms with van der Waals surface area (Å²) in [5, 5.41) is 0. The minimum absolute atomic E-state index is 0.156. The van der Waals surface area contributed by atoms with Crippen molar-refractivity contribution < 1.29 is 13.9 Å². The van der Waals surface area contributed by atoms with Crippen molar-refractivity contribution in [1.29, 1.82) is 0 Å². The zero-order chi connectivity index (χ0) is 16.5. The summed E-state index contributed by atoms with van der Waals surface area (Å²) in [6.07, 6.45) is -0.288. The molecule has 1 aromatic carbocycles. The lowest BCUT2D eigenvalue weighted by molar-refractivity contribution is 0.0283. The van der Waals surface area contributed by atoms with Gasteiger partial charge in [0.2, 0.25) is 0 Å². The van der Waals surface area contributed by atoms with Gasteiger partial charge in [0.1, 0.15) is 11.4 Å². The van der Waals surface area contributed by atoms with Gasteiger partial charge in [-0.05, 0) is 52.6 Å². The summed E-state index contributed by atoms with van der Waals surface area (Å²) in [5.74, 6) is -0.0877. The van der Waals surface area contributed by atoms with Crippen LogP contribution in [0.4, 0.5) is 9.18 Å². The van der Waals surface area contributed by atoms with E-state index in [2.05, 4.69) is 4.90 Å². The second-order valence-corrected chi connectivity index (χ2v) is 7.07. The Hall–Kier alpha value is -1.62. The van der Waals surface area contributed by atoms with Crippen molar-refractivity contribution in [2.24, 2.45) is 0 Å². The lowest BCUT2D eigenvalue weighted by Crippen LogP contribution is -2.38. The number of amides is 1. The maximum absolute atomic E-state index is 13.1. The number of ether oxygens (including phenoxy) is 1. The van der Waals surface area contributed by atoms with Crippen molar-refractivity contribution in [1.82, 2.24) is 9.80 Å². The van der Waals surface area contributed by atoms with Crippen molar-refractivity contribution in [2.75, 3.05) is 27.2 Å². The van der Waals surface area contributed by atoms with Crippen molar-refractivity contribution in [2.45, 2.75) is 38.3 Å². The van der Waals surface area contributed by atoms with Crippen LogP contribution in [0.1, 0.15) is 32.3 Å². The summed E-state index contributed by atoms with van der Waals surface area (Å²) < 4.78 is 18.6. The van der Waals surface area contributed by atoms with E-state index < -0.39 is 5.60 Å². The van der Waals surface area contributed by atoms with Gasteiger partial charge in [0, 0.05) is 25.0 Å². The minimum atomic E-state index is -0.501. The fraction of sp³-hybridized carbons (Fsp3) is 0.588. The molecule has 2 rings (SSSR count). The Bertz CT molecular complexity index is 522. The molecule has 0 saturated carbocycles. The molecular formula is C17H25FN2O2. The average molecular weight is 308 g/mol. The molecule has 0 aliphatic carbocycles. The summed E-state index contributed by atoms with van der Waals surface area (Å²) >= 11 is 0. The van der Waals surface area contributed by atoms with Gasteiger partial charge in [-0.3, -0.25) is 0 Å². The number of likely N-dealkylation sites (N-methyl/N-ethyl adjacent to an activating group) is 1. The van der Waals surface area contributed by atoms with E-state index in [1.165, 1.54) is 12.1 Å². The molecule has 22 heavy (non-hydrogen) atoms. The van der Waals surface area contributed by atoms with Crippen LogP contribution >= 0.6 is 0 Å². The van der Waals surface area contributed by atoms with Crippen LogP contribution in [0.5, 0.6) is 0 Å². The average Bonchev–Trinajstić information content (AvgIpc) is 2.83. The van der Waals surface area contributed by atoms with E-state index in [9.17, 15) is 9.18 Å². The number of carbonyl (C=O) groups is 1. The van der Waals surface area contributed by atoms with Crippen LogP contribution in [0.2, 0.25) is 0 Å². The van der Waals surface area contributed by atoms with Gasteiger partial charge in [-0.2, -0.15) is 0 Å². The summed E-state index contributed by atoms with van der Waals surface area (Å²) in [6, 6.07) is 6.73. The normalized spacial score (nSPS) is 22.2. The van der Waals surface area contributed by atoms with Crippen LogP contribution in [0.3, 0.4) is 0 Å². The lowest BCUT2D eigenvalue weighted by atomic mass is 9.94. The van der Waals surface area contributed by atoms with Crippen LogP contribution < -0.4 is 0 Å². The van der Waals surface area contributed by atoms with E-state index >= 15 is 0 Å². The first-order valence-corrected chi connectivity index (χ1v) is 7.57. The number of likely N-dealkylation sites (tertiary alicyclic amines) is 1. The highest BCUT2D eigenvalue weighted by Gasteiger charge is 2.38. The third-order valence-corrected chi connectivity index (χ3v) is 3.90. The topological polar surface area (TPSA) is 32.8 Å². The van der Waals surface area contributed by atoms with Crippen molar-refractivity contribution in [3.63, 3.8) is 0 Å². The predicted octanol–water partition coefficient (Wildman–Crippen LogP) is 3.09. The molecule has 1 saturated heterocycles. The van der Waals surface area contributed by atoms with Crippen molar-refractivity contribution in [3.05, 3.63) is 35.6 Å². The molecule has 4 nitrogen and oxygen atoms in total. The second kappa shape index (κ2) is 6.24. The number of hydrogen-bond donors (Lipinski definition) is 0. The monoisotopic (exact) mass is 308 g/mol. The SMILES string of the molecule is CN(C)[C@@H]1CN(C(=O)OC(C)(C)C)C[C@@H]1c1ccc(F)cc1. The van der Waals surface area contributed by atoms with Gasteiger partial charge in [0.15, 0.2) is 0 Å². The second-order valence-electron chi connectivity index (χ2n) is 7.07. The molecule has 0 aromatic heterocycles. The van der Waals surface area contributed by atoms with E-state index in [4.69, 9.17) is 4.74 Å². The Morgan fingerprint density at radius 2 is 1.82 bits per heavy atom. The van der Waals surface area contributed by atoms with Gasteiger partial charge in [-0.15, -0.1) is 0 Å². The Balaban J connectivity index is 2.16. The Morgan fingerprint density at radius 1 is 1.23 bits per heavy atom. The summed E-state index contributed by atoms with van der Waals surface area (Å²) in [5.41, 5.74) is 0.546. The number of carbonyl (C=O) groups excluding carboxylic acids is 1. The Labute approximate surface area is 131 Å². The van der Waals surface area contributed by atoms with Crippen LogP contribution in [-0.4, -0.2) is 54.7 Å². The first kappa shape index (κ1) is 16.7. The van der Waals surface area contributed by atoms with Crippen LogP contribution in [0.25, 0.3) is 0 Å². The zero-order valence-electron chi connectivity index (χ0n) is 14.0. The Kier molecular flexibility index (Phi) is 4.75.